The van der Waals surface area contributed by atoms with E-state index in [4.69, 9.17) is 5.73 Å². The molecule has 1 heterocycles. The summed E-state index contributed by atoms with van der Waals surface area (Å²) in [6.07, 6.45) is 0.345. The third-order valence-electron chi connectivity index (χ3n) is 1.89. The second kappa shape index (κ2) is 5.31. The van der Waals surface area contributed by atoms with E-state index < -0.39 is 6.03 Å². The molecule has 86 valence electrons. The molecule has 0 radical (unpaired) electrons. The van der Waals surface area contributed by atoms with Crippen molar-refractivity contribution in [3.05, 3.63) is 0 Å². The highest BCUT2D eigenvalue weighted by molar-refractivity contribution is 7.95. The lowest BCUT2D eigenvalue weighted by atomic mass is 10.2. The number of aliphatic imine (C=N–C) groups is 1. The Kier molecular flexibility index (Phi) is 4.33. The Hall–Kier alpha value is -0.830. The highest BCUT2D eigenvalue weighted by atomic mass is 32.2. The largest absolute Gasteiger partial charge is 0.691 e. The molecule has 1 aliphatic heterocycles. The van der Waals surface area contributed by atoms with E-state index in [1.165, 1.54) is 4.90 Å². The molecular formula is C7H12N3O4S-. The Morgan fingerprint density at radius 2 is 2.40 bits per heavy atom. The van der Waals surface area contributed by atoms with Crippen LogP contribution >= 0.6 is 12.0 Å². The third-order valence-corrected chi connectivity index (χ3v) is 2.64. The molecule has 0 fully saturated rings. The minimum Gasteiger partial charge on any atom is -0.691 e. The van der Waals surface area contributed by atoms with Gasteiger partial charge in [-0.05, 0) is 13.8 Å². The first kappa shape index (κ1) is 12.2. The van der Waals surface area contributed by atoms with E-state index in [-0.39, 0.29) is 17.3 Å². The monoisotopic (exact) mass is 234 g/mol. The van der Waals surface area contributed by atoms with Crippen molar-refractivity contribution < 1.29 is 19.4 Å². The van der Waals surface area contributed by atoms with Crippen LogP contribution in [-0.2, 0) is 9.37 Å². The van der Waals surface area contributed by atoms with Crippen LogP contribution in [0.25, 0.3) is 0 Å². The maximum absolute atomic E-state index is 11.5. The normalized spacial score (nSPS) is 22.1. The van der Waals surface area contributed by atoms with Gasteiger partial charge in [0.05, 0.1) is 12.0 Å². The van der Waals surface area contributed by atoms with Crippen LogP contribution in [0.5, 0.6) is 0 Å². The quantitative estimate of drug-likeness (QED) is 0.410. The number of amides is 2. The lowest BCUT2D eigenvalue weighted by Gasteiger charge is -2.34. The van der Waals surface area contributed by atoms with Crippen LogP contribution in [0.4, 0.5) is 4.79 Å². The van der Waals surface area contributed by atoms with Gasteiger partial charge >= 0.3 is 6.03 Å². The molecule has 1 atom stereocenters. The fraction of sp³-hybridized carbons (Fsp3) is 0.714. The van der Waals surface area contributed by atoms with E-state index >= 15 is 0 Å². The third kappa shape index (κ3) is 3.06. The minimum atomic E-state index is -0.430. The predicted octanol–water partition coefficient (Wildman–Crippen LogP) is -0.225. The predicted molar refractivity (Wildman–Crippen MR) is 52.2 cm³/mol. The number of hydrogen-bond acceptors (Lipinski definition) is 6. The second-order valence-corrected chi connectivity index (χ2v) is 4.15. The molecule has 0 aromatic rings. The van der Waals surface area contributed by atoms with Crippen LogP contribution in [0.3, 0.4) is 0 Å². The van der Waals surface area contributed by atoms with Gasteiger partial charge in [-0.15, -0.1) is 0 Å². The number of urea groups is 1. The highest BCUT2D eigenvalue weighted by Crippen LogP contribution is 2.26. The number of rotatable bonds is 4. The SMILES string of the molecule is CC(C)N1C(=O)N=C(N)CC1SOO[O-]. The smallest absolute Gasteiger partial charge is 0.346 e. The lowest BCUT2D eigenvalue weighted by Crippen LogP contribution is -2.47. The maximum Gasteiger partial charge on any atom is 0.346 e. The molecule has 8 heteroatoms. The van der Waals surface area contributed by atoms with Crippen LogP contribution in [0.1, 0.15) is 20.3 Å². The maximum atomic E-state index is 11.5. The Balaban J connectivity index is 2.73. The molecule has 0 aromatic heterocycles. The molecule has 0 saturated heterocycles. The van der Waals surface area contributed by atoms with Crippen molar-refractivity contribution in [3.63, 3.8) is 0 Å². The van der Waals surface area contributed by atoms with Gasteiger partial charge in [0, 0.05) is 12.5 Å². The Labute approximate surface area is 91.3 Å². The molecule has 1 rings (SSSR count). The zero-order valence-electron chi connectivity index (χ0n) is 8.37. The topological polar surface area (TPSA) is 100 Å². The van der Waals surface area contributed by atoms with Gasteiger partial charge in [-0.3, -0.25) is 5.04 Å². The number of nitrogens with two attached hydrogens (primary N) is 1. The number of amidine groups is 1. The van der Waals surface area contributed by atoms with Crippen molar-refractivity contribution in [2.24, 2.45) is 10.7 Å². The summed E-state index contributed by atoms with van der Waals surface area (Å²) >= 11 is 0.751. The van der Waals surface area contributed by atoms with Crippen LogP contribution < -0.4 is 11.0 Å². The van der Waals surface area contributed by atoms with E-state index in [1.807, 2.05) is 13.8 Å². The zero-order chi connectivity index (χ0) is 11.4. The zero-order valence-corrected chi connectivity index (χ0v) is 9.19. The molecule has 1 unspecified atom stereocenters. The molecule has 7 nitrogen and oxygen atoms in total. The molecular weight excluding hydrogens is 222 g/mol. The van der Waals surface area contributed by atoms with E-state index in [9.17, 15) is 10.1 Å². The molecule has 2 N–H and O–H groups in total. The second-order valence-electron chi connectivity index (χ2n) is 3.28. The fourth-order valence-electron chi connectivity index (χ4n) is 1.32. The summed E-state index contributed by atoms with van der Waals surface area (Å²) < 4.78 is 4.21. The van der Waals surface area contributed by atoms with Crippen LogP contribution in [0.2, 0.25) is 0 Å². The Morgan fingerprint density at radius 3 is 2.93 bits per heavy atom. The molecule has 0 aromatic carbocycles. The van der Waals surface area contributed by atoms with Crippen LogP contribution in [0.15, 0.2) is 4.99 Å². The Bertz CT molecular complexity index is 271. The summed E-state index contributed by atoms with van der Waals surface area (Å²) in [5.41, 5.74) is 5.46. The highest BCUT2D eigenvalue weighted by Gasteiger charge is 2.32. The molecule has 1 aliphatic rings. The van der Waals surface area contributed by atoms with Crippen LogP contribution in [-0.4, -0.2) is 28.2 Å². The van der Waals surface area contributed by atoms with Gasteiger partial charge in [0.25, 0.3) is 0 Å². The van der Waals surface area contributed by atoms with E-state index in [1.54, 1.807) is 0 Å². The van der Waals surface area contributed by atoms with Crippen molar-refractivity contribution in [1.82, 2.24) is 4.90 Å². The van der Waals surface area contributed by atoms with Crippen molar-refractivity contribution >= 4 is 23.9 Å². The molecule has 0 bridgehead atoms. The summed E-state index contributed by atoms with van der Waals surface area (Å²) in [5, 5.41) is 12.6. The summed E-state index contributed by atoms with van der Waals surface area (Å²) in [7, 11) is 0. The van der Waals surface area contributed by atoms with Gasteiger partial charge in [-0.1, -0.05) is 0 Å². The number of carbonyl (C=O) groups is 1. The summed E-state index contributed by atoms with van der Waals surface area (Å²) in [4.78, 5) is 16.6. The van der Waals surface area contributed by atoms with Crippen LogP contribution in [0, 0.1) is 0 Å². The molecule has 0 saturated carbocycles. The van der Waals surface area contributed by atoms with Gasteiger partial charge in [0.2, 0.25) is 0 Å². The lowest BCUT2D eigenvalue weighted by molar-refractivity contribution is -0.777. The summed E-state index contributed by atoms with van der Waals surface area (Å²) in [6.45, 7) is 3.67. The Morgan fingerprint density at radius 1 is 1.73 bits per heavy atom. The van der Waals surface area contributed by atoms with Gasteiger partial charge in [-0.2, -0.15) is 9.33 Å². The van der Waals surface area contributed by atoms with E-state index in [0.717, 1.165) is 12.0 Å². The van der Waals surface area contributed by atoms with Gasteiger partial charge in [0.15, 0.2) is 0 Å². The molecule has 2 amide bonds. The number of nitrogens with zero attached hydrogens (tertiary/aromatic N) is 2. The number of carbonyl (C=O) groups excluding carboxylic acids is 1. The first-order valence-corrected chi connectivity index (χ1v) is 5.14. The van der Waals surface area contributed by atoms with E-state index in [2.05, 4.69) is 14.4 Å². The first-order chi connectivity index (χ1) is 7.06. The standard InChI is InChI=1S/C7H13N3O4S/c1-4(2)10-6(15-14-13-12)3-5(8)9-7(10)11/h4,6,12H,3H2,1-2H3,(H2,8,9,11)/p-1. The molecule has 0 spiro atoms. The summed E-state index contributed by atoms with van der Waals surface area (Å²) in [5.74, 6) is 0.226. The number of hydrogen-bond donors (Lipinski definition) is 1. The van der Waals surface area contributed by atoms with Crippen molar-refractivity contribution in [1.29, 1.82) is 0 Å². The average Bonchev–Trinajstić information content (AvgIpc) is 2.12. The van der Waals surface area contributed by atoms with Crippen molar-refractivity contribution in [2.75, 3.05) is 0 Å². The van der Waals surface area contributed by atoms with Gasteiger partial charge < -0.3 is 15.9 Å². The molecule has 15 heavy (non-hydrogen) atoms. The molecule has 0 aliphatic carbocycles. The fourth-order valence-corrected chi connectivity index (χ4v) is 2.11. The first-order valence-electron chi connectivity index (χ1n) is 4.33. The summed E-state index contributed by atoms with van der Waals surface area (Å²) in [6, 6.07) is -0.483. The van der Waals surface area contributed by atoms with Crippen molar-refractivity contribution in [3.8, 4) is 0 Å². The van der Waals surface area contributed by atoms with E-state index in [0.29, 0.717) is 6.42 Å². The average molecular weight is 234 g/mol. The van der Waals surface area contributed by atoms with Gasteiger partial charge in [-0.25, -0.2) is 4.79 Å². The van der Waals surface area contributed by atoms with Gasteiger partial charge in [0.1, 0.15) is 11.2 Å². The minimum absolute atomic E-state index is 0.0536. The van der Waals surface area contributed by atoms with Crippen molar-refractivity contribution in [2.45, 2.75) is 31.7 Å².